The van der Waals surface area contributed by atoms with Crippen molar-refractivity contribution in [1.82, 2.24) is 0 Å². The summed E-state index contributed by atoms with van der Waals surface area (Å²) in [6.07, 6.45) is 8.46. The molecule has 1 saturated carbocycles. The maximum Gasteiger partial charge on any atom is 0.129 e. The lowest BCUT2D eigenvalue weighted by molar-refractivity contribution is 0.420. The average Bonchev–Trinajstić information content (AvgIpc) is 2.72. The van der Waals surface area contributed by atoms with Gasteiger partial charge in [-0.3, -0.25) is 0 Å². The molecule has 0 N–H and O–H groups in total. The Bertz CT molecular complexity index is 848. The molecule has 1 aliphatic rings. The molecule has 2 heteroatoms. The van der Waals surface area contributed by atoms with Gasteiger partial charge in [0.15, 0.2) is 0 Å². The molecule has 1 fully saturated rings. The monoisotopic (exact) mass is 338 g/mol. The van der Waals surface area contributed by atoms with Crippen molar-refractivity contribution in [3.63, 3.8) is 0 Å². The fraction of sp³-hybridized carbons (Fsp3) is 0.250. The van der Waals surface area contributed by atoms with E-state index in [1.807, 2.05) is 24.3 Å². The molecule has 1 aliphatic carbocycles. The van der Waals surface area contributed by atoms with E-state index in [0.717, 1.165) is 36.8 Å². The van der Waals surface area contributed by atoms with Crippen LogP contribution in [-0.2, 0) is 0 Å². The summed E-state index contributed by atoms with van der Waals surface area (Å²) >= 11 is 0. The van der Waals surface area contributed by atoms with Crippen LogP contribution in [0, 0.1) is 28.6 Å². The van der Waals surface area contributed by atoms with Gasteiger partial charge in [0.05, 0.1) is 0 Å². The molecule has 0 amide bonds. The van der Waals surface area contributed by atoms with Crippen molar-refractivity contribution in [3.8, 4) is 12.1 Å². The van der Waals surface area contributed by atoms with Gasteiger partial charge in [0.2, 0.25) is 0 Å². The summed E-state index contributed by atoms with van der Waals surface area (Å²) in [5.74, 6) is 0.379. The van der Waals surface area contributed by atoms with Gasteiger partial charge in [0, 0.05) is 5.92 Å². The topological polar surface area (TPSA) is 47.6 Å². The third-order valence-corrected chi connectivity index (χ3v) is 5.12. The number of hydrogen-bond acceptors (Lipinski definition) is 2. The first-order valence-corrected chi connectivity index (χ1v) is 9.15. The van der Waals surface area contributed by atoms with Gasteiger partial charge in [0.1, 0.15) is 17.7 Å². The van der Waals surface area contributed by atoms with E-state index in [1.54, 1.807) is 0 Å². The first-order chi connectivity index (χ1) is 12.8. The standard InChI is InChI=1S/C24H22N2/c25-17-21(18-26)22-13-7-8-14-24(22)23(20-11-5-2-6-12-20)16-15-19-9-3-1-4-10-19/h1-6,9-12,15-16,23-24H,7-8,13-14H2. The van der Waals surface area contributed by atoms with E-state index in [1.165, 1.54) is 5.56 Å². The Kier molecular flexibility index (Phi) is 6.02. The zero-order chi connectivity index (χ0) is 18.2. The van der Waals surface area contributed by atoms with Crippen molar-refractivity contribution >= 4 is 6.08 Å². The highest BCUT2D eigenvalue weighted by Gasteiger charge is 2.29. The summed E-state index contributed by atoms with van der Waals surface area (Å²) in [6, 6.07) is 24.9. The van der Waals surface area contributed by atoms with Crippen LogP contribution in [0.25, 0.3) is 6.08 Å². The molecule has 2 atom stereocenters. The molecule has 2 aromatic carbocycles. The van der Waals surface area contributed by atoms with Crippen LogP contribution >= 0.6 is 0 Å². The number of nitriles is 2. The normalized spacial score (nSPS) is 18.1. The SMILES string of the molecule is N#CC(C#N)=C1CCCCC1C(C=Cc1ccccc1)c1ccccc1. The Morgan fingerprint density at radius 1 is 0.923 bits per heavy atom. The predicted octanol–water partition coefficient (Wildman–Crippen LogP) is 6.02. The summed E-state index contributed by atoms with van der Waals surface area (Å²) in [5, 5.41) is 18.8. The van der Waals surface area contributed by atoms with Gasteiger partial charge in [-0.1, -0.05) is 79.2 Å². The molecule has 3 rings (SSSR count). The summed E-state index contributed by atoms with van der Waals surface area (Å²) in [7, 11) is 0. The Morgan fingerprint density at radius 3 is 2.23 bits per heavy atom. The summed E-state index contributed by atoms with van der Waals surface area (Å²) in [4.78, 5) is 0. The zero-order valence-electron chi connectivity index (χ0n) is 14.8. The van der Waals surface area contributed by atoms with E-state index in [4.69, 9.17) is 0 Å². The molecule has 0 aliphatic heterocycles. The lowest BCUT2D eigenvalue weighted by Crippen LogP contribution is -2.19. The van der Waals surface area contributed by atoms with E-state index in [2.05, 4.69) is 60.7 Å². The number of allylic oxidation sites excluding steroid dienone is 3. The van der Waals surface area contributed by atoms with Crippen LogP contribution in [0.2, 0.25) is 0 Å². The van der Waals surface area contributed by atoms with Crippen LogP contribution in [0.5, 0.6) is 0 Å². The Hall–Kier alpha value is -3.10. The van der Waals surface area contributed by atoms with E-state index in [-0.39, 0.29) is 11.8 Å². The molecule has 2 nitrogen and oxygen atoms in total. The lowest BCUT2D eigenvalue weighted by atomic mass is 9.72. The molecule has 128 valence electrons. The Morgan fingerprint density at radius 2 is 1.58 bits per heavy atom. The van der Waals surface area contributed by atoms with Crippen molar-refractivity contribution in [3.05, 3.63) is 89.0 Å². The summed E-state index contributed by atoms with van der Waals surface area (Å²) in [5.41, 5.74) is 3.74. The minimum Gasteiger partial charge on any atom is -0.192 e. The van der Waals surface area contributed by atoms with Crippen LogP contribution in [0.1, 0.15) is 42.7 Å². The highest BCUT2D eigenvalue weighted by molar-refractivity contribution is 5.52. The average molecular weight is 338 g/mol. The zero-order valence-corrected chi connectivity index (χ0v) is 14.8. The molecule has 0 radical (unpaired) electrons. The number of hydrogen-bond donors (Lipinski definition) is 0. The van der Waals surface area contributed by atoms with Gasteiger partial charge in [-0.25, -0.2) is 0 Å². The van der Waals surface area contributed by atoms with Crippen LogP contribution in [0.4, 0.5) is 0 Å². The van der Waals surface area contributed by atoms with E-state index in [9.17, 15) is 10.5 Å². The van der Waals surface area contributed by atoms with Gasteiger partial charge in [-0.05, 0) is 41.9 Å². The molecule has 26 heavy (non-hydrogen) atoms. The number of benzene rings is 2. The highest BCUT2D eigenvalue weighted by atomic mass is 14.4. The van der Waals surface area contributed by atoms with Crippen molar-refractivity contribution in [1.29, 1.82) is 10.5 Å². The van der Waals surface area contributed by atoms with E-state index < -0.39 is 0 Å². The quantitative estimate of drug-likeness (QED) is 0.640. The third kappa shape index (κ3) is 4.11. The maximum atomic E-state index is 9.41. The number of nitrogens with zero attached hydrogens (tertiary/aromatic N) is 2. The largest absolute Gasteiger partial charge is 0.192 e. The fourth-order valence-corrected chi connectivity index (χ4v) is 3.85. The van der Waals surface area contributed by atoms with Crippen molar-refractivity contribution in [2.75, 3.05) is 0 Å². The molecular formula is C24H22N2. The summed E-state index contributed by atoms with van der Waals surface area (Å²) < 4.78 is 0. The minimum absolute atomic E-state index is 0.170. The molecule has 0 aromatic heterocycles. The second-order valence-electron chi connectivity index (χ2n) is 6.68. The highest BCUT2D eigenvalue weighted by Crippen LogP contribution is 2.42. The van der Waals surface area contributed by atoms with Crippen LogP contribution < -0.4 is 0 Å². The van der Waals surface area contributed by atoms with Gasteiger partial charge >= 0.3 is 0 Å². The van der Waals surface area contributed by atoms with Gasteiger partial charge < -0.3 is 0 Å². The molecule has 2 unspecified atom stereocenters. The van der Waals surface area contributed by atoms with Crippen molar-refractivity contribution in [2.24, 2.45) is 5.92 Å². The second kappa shape index (κ2) is 8.84. The maximum absolute atomic E-state index is 9.41. The van der Waals surface area contributed by atoms with Crippen molar-refractivity contribution in [2.45, 2.75) is 31.6 Å². The smallest absolute Gasteiger partial charge is 0.129 e. The first-order valence-electron chi connectivity index (χ1n) is 9.15. The van der Waals surface area contributed by atoms with Crippen LogP contribution in [0.3, 0.4) is 0 Å². The second-order valence-corrected chi connectivity index (χ2v) is 6.68. The predicted molar refractivity (Wildman–Crippen MR) is 105 cm³/mol. The lowest BCUT2D eigenvalue weighted by Gasteiger charge is -2.31. The van der Waals surface area contributed by atoms with Crippen LogP contribution in [0.15, 0.2) is 77.9 Å². The Labute approximate surface area is 155 Å². The molecule has 2 aromatic rings. The molecule has 0 heterocycles. The fourth-order valence-electron chi connectivity index (χ4n) is 3.85. The van der Waals surface area contributed by atoms with Gasteiger partial charge in [-0.15, -0.1) is 0 Å². The number of rotatable bonds is 4. The molecule has 0 bridgehead atoms. The third-order valence-electron chi connectivity index (χ3n) is 5.12. The minimum atomic E-state index is 0.170. The van der Waals surface area contributed by atoms with Crippen molar-refractivity contribution < 1.29 is 0 Å². The molecule has 0 spiro atoms. The Balaban J connectivity index is 2.02. The van der Waals surface area contributed by atoms with E-state index in [0.29, 0.717) is 5.57 Å². The van der Waals surface area contributed by atoms with Crippen LogP contribution in [-0.4, -0.2) is 0 Å². The molecular weight excluding hydrogens is 316 g/mol. The first kappa shape index (κ1) is 17.7. The van der Waals surface area contributed by atoms with Gasteiger partial charge in [-0.2, -0.15) is 10.5 Å². The van der Waals surface area contributed by atoms with E-state index >= 15 is 0 Å². The molecule has 0 saturated heterocycles. The summed E-state index contributed by atoms with van der Waals surface area (Å²) in [6.45, 7) is 0. The van der Waals surface area contributed by atoms with Gasteiger partial charge in [0.25, 0.3) is 0 Å².